The van der Waals surface area contributed by atoms with Crippen LogP contribution in [0, 0.1) is 5.92 Å². The van der Waals surface area contributed by atoms with Crippen molar-refractivity contribution < 1.29 is 36.0 Å². The van der Waals surface area contributed by atoms with Crippen molar-refractivity contribution in [3.8, 4) is 5.75 Å². The summed E-state index contributed by atoms with van der Waals surface area (Å²) in [5, 5.41) is -4.44. The highest BCUT2D eigenvalue weighted by atomic mass is 32.2. The first kappa shape index (κ1) is 27.5. The predicted molar refractivity (Wildman–Crippen MR) is 136 cm³/mol. The van der Waals surface area contributed by atoms with Crippen LogP contribution in [0.25, 0.3) is 0 Å². The number of hydrogen-bond donors (Lipinski definition) is 1. The number of hydrogen-bond acceptors (Lipinski definition) is 5. The van der Waals surface area contributed by atoms with Gasteiger partial charge in [-0.15, -0.1) is 0 Å². The van der Waals surface area contributed by atoms with Crippen LogP contribution in [0.15, 0.2) is 93.5 Å². The maximum Gasteiger partial charge on any atom is 0.405 e. The molecule has 3 aromatic carbocycles. The van der Waals surface area contributed by atoms with Crippen LogP contribution in [0.1, 0.15) is 26.3 Å². The minimum absolute atomic E-state index is 0.0558. The van der Waals surface area contributed by atoms with E-state index in [0.717, 1.165) is 27.2 Å². The van der Waals surface area contributed by atoms with E-state index in [1.807, 2.05) is 61.5 Å². The summed E-state index contributed by atoms with van der Waals surface area (Å²) >= 11 is 0. The lowest BCUT2D eigenvalue weighted by Gasteiger charge is -2.36. The normalized spacial score (nSPS) is 22.3. The molecule has 4 rings (SSSR count). The second-order valence-corrected chi connectivity index (χ2v) is 12.6. The predicted octanol–water partition coefficient (Wildman–Crippen LogP) is 5.89. The molecule has 2 unspecified atom stereocenters. The summed E-state index contributed by atoms with van der Waals surface area (Å²) in [4.78, 5) is 2.99. The maximum atomic E-state index is 13.9. The van der Waals surface area contributed by atoms with Crippen LogP contribution in [-0.2, 0) is 36.3 Å². The molecule has 0 aliphatic carbocycles. The Kier molecular flexibility index (Phi) is 7.96. The molecular weight excluding hydrogens is 522 g/mol. The molecule has 1 N–H and O–H groups in total. The first-order valence-electron chi connectivity index (χ1n) is 11.7. The van der Waals surface area contributed by atoms with Gasteiger partial charge in [0.25, 0.3) is 0 Å². The van der Waals surface area contributed by atoms with Crippen molar-refractivity contribution in [2.45, 2.75) is 52.6 Å². The Labute approximate surface area is 218 Å². The molecule has 6 nitrogen and oxygen atoms in total. The van der Waals surface area contributed by atoms with Crippen molar-refractivity contribution in [2.75, 3.05) is 13.2 Å². The van der Waals surface area contributed by atoms with E-state index in [-0.39, 0.29) is 5.75 Å². The summed E-state index contributed by atoms with van der Waals surface area (Å²) in [6.07, 6.45) is -2.08. The first-order valence-corrected chi connectivity index (χ1v) is 14.4. The monoisotopic (exact) mass is 551 g/mol. The Hall–Kier alpha value is -2.50. The summed E-state index contributed by atoms with van der Waals surface area (Å²) in [6, 6.07) is 24.4. The number of rotatable bonds is 8. The van der Waals surface area contributed by atoms with Crippen molar-refractivity contribution in [1.82, 2.24) is 0 Å². The van der Waals surface area contributed by atoms with E-state index in [1.54, 1.807) is 12.1 Å². The lowest BCUT2D eigenvalue weighted by molar-refractivity contribution is -0.279. The van der Waals surface area contributed by atoms with Gasteiger partial charge in [0.05, 0.1) is 24.1 Å². The summed E-state index contributed by atoms with van der Waals surface area (Å²) in [6.45, 7) is 6.12. The summed E-state index contributed by atoms with van der Waals surface area (Å²) in [5.41, 5.74) is 0.914. The smallest absolute Gasteiger partial charge is 0.405 e. The molecule has 198 valence electrons. The van der Waals surface area contributed by atoms with Gasteiger partial charge in [-0.1, -0.05) is 25.1 Å². The molecular formula is C27H29F2O6S2+. The quantitative estimate of drug-likeness (QED) is 0.278. The lowest BCUT2D eigenvalue weighted by Crippen LogP contribution is -2.42. The fourth-order valence-electron chi connectivity index (χ4n) is 3.85. The molecule has 0 saturated carbocycles. The Morgan fingerprint density at radius 1 is 0.946 bits per heavy atom. The van der Waals surface area contributed by atoms with Gasteiger partial charge in [-0.3, -0.25) is 4.55 Å². The topological polar surface area (TPSA) is 82.1 Å². The molecule has 1 heterocycles. The molecule has 0 aromatic heterocycles. The van der Waals surface area contributed by atoms with Crippen LogP contribution >= 0.6 is 0 Å². The van der Waals surface area contributed by atoms with Crippen LogP contribution in [0.4, 0.5) is 8.78 Å². The van der Waals surface area contributed by atoms with Crippen molar-refractivity contribution >= 4 is 21.0 Å². The van der Waals surface area contributed by atoms with Gasteiger partial charge in [0.1, 0.15) is 5.75 Å². The number of alkyl halides is 2. The SMILES string of the molecule is CC1COC(C)(c2ccc([S+](c3ccccc3)c3ccc(OC(C)C(F)(F)S(=O)(=O)O)cc3)cc2)OC1. The molecule has 1 aliphatic rings. The number of halogens is 2. The van der Waals surface area contributed by atoms with Crippen LogP contribution in [0.3, 0.4) is 0 Å². The molecule has 37 heavy (non-hydrogen) atoms. The van der Waals surface area contributed by atoms with Crippen molar-refractivity contribution in [3.63, 3.8) is 0 Å². The maximum absolute atomic E-state index is 13.9. The van der Waals surface area contributed by atoms with Gasteiger partial charge in [0.2, 0.25) is 0 Å². The van der Waals surface area contributed by atoms with E-state index in [0.29, 0.717) is 19.1 Å². The average Bonchev–Trinajstić information content (AvgIpc) is 2.87. The zero-order valence-electron chi connectivity index (χ0n) is 20.6. The minimum atomic E-state index is -5.61. The summed E-state index contributed by atoms with van der Waals surface area (Å²) < 4.78 is 75.7. The molecule has 1 saturated heterocycles. The Morgan fingerprint density at radius 3 is 1.95 bits per heavy atom. The second kappa shape index (κ2) is 10.7. The zero-order chi connectivity index (χ0) is 26.8. The first-order chi connectivity index (χ1) is 17.4. The second-order valence-electron chi connectivity index (χ2n) is 9.08. The van der Waals surface area contributed by atoms with E-state index in [4.69, 9.17) is 18.8 Å². The lowest BCUT2D eigenvalue weighted by atomic mass is 10.1. The number of benzene rings is 3. The van der Waals surface area contributed by atoms with Gasteiger partial charge in [0, 0.05) is 11.5 Å². The van der Waals surface area contributed by atoms with E-state index >= 15 is 0 Å². The van der Waals surface area contributed by atoms with E-state index < -0.39 is 38.2 Å². The van der Waals surface area contributed by atoms with Crippen molar-refractivity contribution in [2.24, 2.45) is 5.92 Å². The van der Waals surface area contributed by atoms with Gasteiger partial charge in [-0.25, -0.2) is 0 Å². The minimum Gasteiger partial charge on any atom is -0.483 e. The highest BCUT2D eigenvalue weighted by Crippen LogP contribution is 2.36. The third-order valence-electron chi connectivity index (χ3n) is 6.07. The molecule has 0 radical (unpaired) electrons. The standard InChI is InChI=1S/C27H28F2O6S2/c1-19-17-33-26(3,34-18-19)21-9-13-24(14-10-21)36(23-7-5-4-6-8-23)25-15-11-22(12-16-25)35-20(2)27(28,29)37(30,31)32/h4-16,19-20H,17-18H2,1-3H3/p+1. The van der Waals surface area contributed by atoms with Gasteiger partial charge in [0.15, 0.2) is 26.6 Å². The third-order valence-corrected chi connectivity index (χ3v) is 9.32. The van der Waals surface area contributed by atoms with Crippen molar-refractivity contribution in [3.05, 3.63) is 84.4 Å². The molecule has 3 aromatic rings. The van der Waals surface area contributed by atoms with Crippen molar-refractivity contribution in [1.29, 1.82) is 0 Å². The van der Waals surface area contributed by atoms with E-state index in [2.05, 4.69) is 6.92 Å². The van der Waals surface area contributed by atoms with Gasteiger partial charge < -0.3 is 14.2 Å². The van der Waals surface area contributed by atoms with Gasteiger partial charge >= 0.3 is 15.4 Å². The Morgan fingerprint density at radius 2 is 1.43 bits per heavy atom. The Bertz CT molecular complexity index is 1290. The molecule has 2 atom stereocenters. The van der Waals surface area contributed by atoms with Gasteiger partial charge in [-0.2, -0.15) is 17.2 Å². The van der Waals surface area contributed by atoms with Crippen LogP contribution < -0.4 is 4.74 Å². The van der Waals surface area contributed by atoms with Crippen LogP contribution in [0.5, 0.6) is 5.75 Å². The molecule has 10 heteroatoms. The molecule has 1 fully saturated rings. The highest BCUT2D eigenvalue weighted by molar-refractivity contribution is 7.97. The van der Waals surface area contributed by atoms with Crippen LogP contribution in [-0.4, -0.2) is 37.5 Å². The number of ether oxygens (including phenoxy) is 3. The van der Waals surface area contributed by atoms with Gasteiger partial charge in [-0.05, 0) is 74.5 Å². The Balaban J connectivity index is 1.61. The third kappa shape index (κ3) is 5.99. The molecule has 1 aliphatic heterocycles. The fraction of sp³-hybridized carbons (Fsp3) is 0.333. The van der Waals surface area contributed by atoms with E-state index in [9.17, 15) is 17.2 Å². The van der Waals surface area contributed by atoms with E-state index in [1.165, 1.54) is 12.1 Å². The zero-order valence-corrected chi connectivity index (χ0v) is 22.3. The molecule has 0 spiro atoms. The van der Waals surface area contributed by atoms with Crippen LogP contribution in [0.2, 0.25) is 0 Å². The molecule has 0 bridgehead atoms. The summed E-state index contributed by atoms with van der Waals surface area (Å²) in [5.74, 6) is -0.415. The summed E-state index contributed by atoms with van der Waals surface area (Å²) in [7, 11) is -6.13. The largest absolute Gasteiger partial charge is 0.483 e. The molecule has 0 amide bonds. The fourth-order valence-corrected chi connectivity index (χ4v) is 6.38. The highest BCUT2D eigenvalue weighted by Gasteiger charge is 2.51. The average molecular weight is 552 g/mol.